The number of aliphatic hydroxyl groups excluding tert-OH is 4. The van der Waals surface area contributed by atoms with Crippen LogP contribution in [0, 0.1) is 23.2 Å². The van der Waals surface area contributed by atoms with Crippen molar-refractivity contribution in [1.82, 2.24) is 39.8 Å². The minimum absolute atomic E-state index is 0.171. The average molecular weight is 1080 g/mol. The van der Waals surface area contributed by atoms with Crippen LogP contribution in [0.25, 0.3) is 5.69 Å². The second-order valence-electron chi connectivity index (χ2n) is 23.4. The molecule has 3 fully saturated rings. The van der Waals surface area contributed by atoms with Gasteiger partial charge in [-0.15, -0.1) is 10.2 Å². The van der Waals surface area contributed by atoms with Crippen LogP contribution in [0.2, 0.25) is 0 Å². The van der Waals surface area contributed by atoms with Crippen LogP contribution in [0.15, 0.2) is 36.7 Å². The van der Waals surface area contributed by atoms with Crippen LogP contribution in [0.1, 0.15) is 131 Å². The first kappa shape index (κ1) is 61.6. The van der Waals surface area contributed by atoms with E-state index in [4.69, 9.17) is 28.4 Å². The van der Waals surface area contributed by atoms with E-state index in [1.54, 1.807) is 59.1 Å². The molecule has 3 aromatic rings. The second-order valence-corrected chi connectivity index (χ2v) is 23.4. The maximum Gasteiger partial charge on any atom is 0.311 e. The highest BCUT2D eigenvalue weighted by Gasteiger charge is 2.52. The third-order valence-electron chi connectivity index (χ3n) is 16.5. The Hall–Kier alpha value is -3.62. The second kappa shape index (κ2) is 25.7. The third-order valence-corrected chi connectivity index (χ3v) is 16.5. The third kappa shape index (κ3) is 14.0. The number of halogens is 1. The summed E-state index contributed by atoms with van der Waals surface area (Å²) in [7, 11) is 5.22. The summed E-state index contributed by atoms with van der Waals surface area (Å²) in [5, 5.41) is 85.8. The van der Waals surface area contributed by atoms with E-state index in [1.165, 1.54) is 23.4 Å². The number of ether oxygens (including phenoxy) is 6. The number of esters is 1. The quantitative estimate of drug-likeness (QED) is 0.112. The number of hydrogen-bond acceptors (Lipinski definition) is 19. The summed E-state index contributed by atoms with van der Waals surface area (Å²) in [5.74, 6) is -2.79. The summed E-state index contributed by atoms with van der Waals surface area (Å²) < 4.78 is 56.3. The zero-order valence-electron chi connectivity index (χ0n) is 47.1. The fourth-order valence-electron chi connectivity index (χ4n) is 11.9. The molecule has 0 aliphatic carbocycles. The molecular formula is C54H89FN8O13. The van der Waals surface area contributed by atoms with E-state index in [0.717, 1.165) is 0 Å². The number of aliphatic hydroxyl groups is 6. The summed E-state index contributed by atoms with van der Waals surface area (Å²) >= 11 is 0. The molecule has 19 atom stereocenters. The van der Waals surface area contributed by atoms with Crippen LogP contribution in [-0.4, -0.2) is 202 Å². The number of carbonyl (C=O) groups is 1. The van der Waals surface area contributed by atoms with Crippen molar-refractivity contribution in [1.29, 1.82) is 0 Å². The van der Waals surface area contributed by atoms with Gasteiger partial charge in [0.15, 0.2) is 12.6 Å². The molecule has 0 amide bonds. The van der Waals surface area contributed by atoms with Crippen molar-refractivity contribution in [3.05, 3.63) is 53.6 Å². The van der Waals surface area contributed by atoms with E-state index in [2.05, 4.69) is 20.6 Å². The molecule has 0 bridgehead atoms. The van der Waals surface area contributed by atoms with Crippen LogP contribution in [0.4, 0.5) is 4.39 Å². The Morgan fingerprint density at radius 1 is 0.921 bits per heavy atom. The fourth-order valence-corrected chi connectivity index (χ4v) is 11.9. The van der Waals surface area contributed by atoms with Crippen molar-refractivity contribution in [3.63, 3.8) is 0 Å². The Labute approximate surface area is 447 Å². The first-order valence-corrected chi connectivity index (χ1v) is 27.0. The van der Waals surface area contributed by atoms with Gasteiger partial charge in [0.2, 0.25) is 0 Å². The van der Waals surface area contributed by atoms with Crippen LogP contribution in [0.5, 0.6) is 0 Å². The molecule has 6 rings (SSSR count). The normalized spacial score (nSPS) is 37.3. The van der Waals surface area contributed by atoms with Gasteiger partial charge in [0.1, 0.15) is 48.4 Å². The van der Waals surface area contributed by atoms with Gasteiger partial charge in [-0.3, -0.25) is 4.79 Å². The number of cyclic esters (lactones) is 1. The molecule has 76 heavy (non-hydrogen) atoms. The number of nitrogens with zero attached hydrogens (tertiary/aromatic N) is 8. The lowest BCUT2D eigenvalue weighted by atomic mass is 9.77. The van der Waals surface area contributed by atoms with Gasteiger partial charge >= 0.3 is 5.97 Å². The molecule has 0 unspecified atom stereocenters. The van der Waals surface area contributed by atoms with Gasteiger partial charge in [-0.2, -0.15) is 0 Å². The lowest BCUT2D eigenvalue weighted by molar-refractivity contribution is -0.312. The molecule has 5 heterocycles. The van der Waals surface area contributed by atoms with Crippen LogP contribution in [-0.2, 0) is 46.2 Å². The Kier molecular flexibility index (Phi) is 20.8. The van der Waals surface area contributed by atoms with Gasteiger partial charge < -0.3 is 68.9 Å². The smallest absolute Gasteiger partial charge is 0.311 e. The van der Waals surface area contributed by atoms with E-state index in [-0.39, 0.29) is 31.8 Å². The zero-order valence-corrected chi connectivity index (χ0v) is 47.1. The zero-order chi connectivity index (χ0) is 56.2. The molecule has 3 saturated heterocycles. The van der Waals surface area contributed by atoms with Crippen molar-refractivity contribution in [2.24, 2.45) is 23.2 Å². The molecule has 6 N–H and O–H groups in total. The number of aromatic nitrogens is 6. The average Bonchev–Trinajstić information content (AvgIpc) is 4.06. The summed E-state index contributed by atoms with van der Waals surface area (Å²) in [5.41, 5.74) is -1.70. The number of alkyl halides is 1. The van der Waals surface area contributed by atoms with E-state index in [9.17, 15) is 39.8 Å². The van der Waals surface area contributed by atoms with Crippen molar-refractivity contribution in [2.75, 3.05) is 41.0 Å². The monoisotopic (exact) mass is 1080 g/mol. The highest BCUT2D eigenvalue weighted by Crippen LogP contribution is 2.42. The van der Waals surface area contributed by atoms with Crippen molar-refractivity contribution in [2.45, 2.75) is 212 Å². The van der Waals surface area contributed by atoms with Gasteiger partial charge in [0.05, 0.1) is 66.2 Å². The first-order valence-electron chi connectivity index (χ1n) is 27.0. The largest absolute Gasteiger partial charge is 0.459 e. The SMILES string of the molecule is CC[C@H]1OC(=O)[C@H](C)[C@@H](O[C@H]2CC(C)(C)[C@@H](O)[C@H](C)O2)[C@H](C)[C@@H](O[C@@H]2O[C@H](C)C[C@H](N(C)CCc3cn([C@H](CF)[C@H](OC)c4ccc(-n5cc(CO)nn5)cc4)nn3)[C@H]2O)[C@](C)(O)C[C@@H](C)CN(C)[C@H](C)[C@@H](O)[C@]1(C)O. The van der Waals surface area contributed by atoms with Gasteiger partial charge in [0.25, 0.3) is 0 Å². The lowest BCUT2D eigenvalue weighted by Gasteiger charge is -2.49. The molecule has 1 aromatic carbocycles. The molecule has 3 aliphatic rings. The number of rotatable bonds is 16. The van der Waals surface area contributed by atoms with E-state index in [1.807, 2.05) is 70.6 Å². The number of likely N-dealkylation sites (N-methyl/N-ethyl adjacent to an activating group) is 2. The molecule has 22 heteroatoms. The predicted octanol–water partition coefficient (Wildman–Crippen LogP) is 3.70. The van der Waals surface area contributed by atoms with E-state index in [0.29, 0.717) is 48.6 Å². The Balaban J connectivity index is 1.24. The number of benzene rings is 1. The van der Waals surface area contributed by atoms with Crippen LogP contribution < -0.4 is 0 Å². The van der Waals surface area contributed by atoms with Crippen molar-refractivity contribution < 1.29 is 68.2 Å². The summed E-state index contributed by atoms with van der Waals surface area (Å²) in [6.07, 6.45) is -5.74. The molecule has 2 aromatic heterocycles. The Morgan fingerprint density at radius 3 is 2.20 bits per heavy atom. The van der Waals surface area contributed by atoms with Crippen LogP contribution >= 0.6 is 0 Å². The van der Waals surface area contributed by atoms with E-state index >= 15 is 0 Å². The molecule has 0 spiro atoms. The topological polar surface area (TPSA) is 262 Å². The molecule has 0 saturated carbocycles. The maximum absolute atomic E-state index is 14.9. The van der Waals surface area contributed by atoms with Gasteiger partial charge in [0, 0.05) is 57.2 Å². The molecular weight excluding hydrogens is 988 g/mol. The Morgan fingerprint density at radius 2 is 1.59 bits per heavy atom. The standard InChI is InChI=1S/C54H89FN8O13/c1-15-42-54(11,70)47(66)34(6)61(13)26-30(2)23-53(10,69)49(32(4)45(33(5)50(68)74-42)75-43-24-52(8,9)48(67)35(7)73-43)76-51-44(65)40(22-31(3)72-51)60(12)21-20-37-27-63(59-56-37)41(25-55)46(71-14)36-16-18-39(19-17-36)62-28-38(29-64)57-58-62/h16-19,27-28,30-35,40-49,51,64-67,69-70H,15,20-26,29H2,1-14H3/t30-,31-,32+,33-,34-,35+,40+,41-,42-,43+,44-,45+,46-,47-,48+,49-,51+,53-,54-/m1/s1. The van der Waals surface area contributed by atoms with Gasteiger partial charge in [-0.05, 0) is 104 Å². The highest BCUT2D eigenvalue weighted by atomic mass is 19.1. The van der Waals surface area contributed by atoms with Gasteiger partial charge in [-0.25, -0.2) is 13.8 Å². The fraction of sp³-hybridized carbons (Fsp3) is 0.796. The molecule has 0 radical (unpaired) electrons. The summed E-state index contributed by atoms with van der Waals surface area (Å²) in [6.45, 7) is 19.4. The van der Waals surface area contributed by atoms with E-state index < -0.39 is 127 Å². The van der Waals surface area contributed by atoms with Crippen molar-refractivity contribution >= 4 is 5.97 Å². The summed E-state index contributed by atoms with van der Waals surface area (Å²) in [6, 6.07) is 5.31. The number of methoxy groups -OCH3 is 1. The minimum Gasteiger partial charge on any atom is -0.459 e. The Bertz CT molecular complexity index is 2290. The highest BCUT2D eigenvalue weighted by molar-refractivity contribution is 5.73. The summed E-state index contributed by atoms with van der Waals surface area (Å²) in [4.78, 5) is 18.4. The molecule has 3 aliphatic heterocycles. The molecule has 21 nitrogen and oxygen atoms in total. The minimum atomic E-state index is -1.84. The first-order chi connectivity index (χ1) is 35.7. The maximum atomic E-state index is 14.9. The van der Waals surface area contributed by atoms with Crippen molar-refractivity contribution in [3.8, 4) is 5.69 Å². The number of carbonyl (C=O) groups excluding carboxylic acids is 1. The molecule has 430 valence electrons. The van der Waals surface area contributed by atoms with Gasteiger partial charge in [-0.1, -0.05) is 57.2 Å². The number of hydrogen-bond donors (Lipinski definition) is 6. The predicted molar refractivity (Wildman–Crippen MR) is 277 cm³/mol. The van der Waals surface area contributed by atoms with Crippen LogP contribution in [0.3, 0.4) is 0 Å². The lowest BCUT2D eigenvalue weighted by Crippen LogP contribution is -2.60.